The molecule has 0 aliphatic heterocycles. The Hall–Kier alpha value is -1.47. The van der Waals surface area contributed by atoms with Crippen molar-refractivity contribution < 1.29 is 19.1 Å². The number of nitrogens with zero attached hydrogens (tertiary/aromatic N) is 2. The number of esters is 2. The number of hydrogen-bond acceptors (Lipinski definition) is 7. The number of hydrogen-bond donors (Lipinski definition) is 0. The molecule has 1 aromatic heterocycles. The lowest BCUT2D eigenvalue weighted by atomic mass is 9.93. The minimum Gasteiger partial charge on any atom is -0.468 e. The van der Waals surface area contributed by atoms with Crippen molar-refractivity contribution in [3.05, 3.63) is 16.1 Å². The molecule has 7 heteroatoms. The van der Waals surface area contributed by atoms with Crippen molar-refractivity contribution in [2.24, 2.45) is 0 Å². The summed E-state index contributed by atoms with van der Waals surface area (Å²) in [5, 5.41) is 2.86. The van der Waals surface area contributed by atoms with Crippen LogP contribution in [0.3, 0.4) is 0 Å². The summed E-state index contributed by atoms with van der Waals surface area (Å²) in [7, 11) is 2.64. The van der Waals surface area contributed by atoms with Gasteiger partial charge in [0.1, 0.15) is 5.01 Å². The van der Waals surface area contributed by atoms with E-state index in [1.807, 2.05) is 5.38 Å². The van der Waals surface area contributed by atoms with Crippen molar-refractivity contribution in [1.29, 1.82) is 0 Å². The van der Waals surface area contributed by atoms with Gasteiger partial charge in [0.25, 0.3) is 0 Å². The largest absolute Gasteiger partial charge is 0.468 e. The highest BCUT2D eigenvalue weighted by atomic mass is 32.1. The molecule has 0 N–H and O–H groups in total. The zero-order chi connectivity index (χ0) is 16.0. The van der Waals surface area contributed by atoms with Crippen LogP contribution >= 0.6 is 11.3 Å². The van der Waals surface area contributed by atoms with Gasteiger partial charge >= 0.3 is 11.9 Å². The van der Waals surface area contributed by atoms with Crippen molar-refractivity contribution in [3.63, 3.8) is 0 Å². The number of carbonyl (C=O) groups is 2. The molecule has 0 saturated heterocycles. The van der Waals surface area contributed by atoms with Crippen LogP contribution in [0.1, 0.15) is 31.5 Å². The minimum atomic E-state index is -0.397. The first-order valence-corrected chi connectivity index (χ1v) is 7.45. The zero-order valence-corrected chi connectivity index (χ0v) is 14.0. The third-order valence-electron chi connectivity index (χ3n) is 2.84. The summed E-state index contributed by atoms with van der Waals surface area (Å²) in [6, 6.07) is 0. The Morgan fingerprint density at radius 3 is 2.10 bits per heavy atom. The molecule has 0 fully saturated rings. The van der Waals surface area contributed by atoms with Gasteiger partial charge in [-0.05, 0) is 0 Å². The molecular formula is C14H22N2O4S. The van der Waals surface area contributed by atoms with Crippen molar-refractivity contribution in [2.45, 2.75) is 32.7 Å². The standard InChI is InChI=1S/C14H22N2O4S/c1-14(2,3)10-9-21-11(15-10)6-16(7-12(17)19-4)8-13(18)20-5/h9H,6-8H2,1-5H3. The lowest BCUT2D eigenvalue weighted by Gasteiger charge is -2.18. The maximum atomic E-state index is 11.4. The predicted octanol–water partition coefficient (Wildman–Crippen LogP) is 1.59. The Labute approximate surface area is 129 Å². The van der Waals surface area contributed by atoms with E-state index >= 15 is 0 Å². The van der Waals surface area contributed by atoms with Crippen LogP contribution in [0.25, 0.3) is 0 Å². The van der Waals surface area contributed by atoms with Crippen LogP contribution in [0.2, 0.25) is 0 Å². The van der Waals surface area contributed by atoms with E-state index in [4.69, 9.17) is 0 Å². The average molecular weight is 314 g/mol. The van der Waals surface area contributed by atoms with E-state index in [1.54, 1.807) is 4.90 Å². The van der Waals surface area contributed by atoms with E-state index in [0.717, 1.165) is 10.7 Å². The molecule has 0 radical (unpaired) electrons. The van der Waals surface area contributed by atoms with Gasteiger partial charge in [0, 0.05) is 10.8 Å². The summed E-state index contributed by atoms with van der Waals surface area (Å²) in [5.41, 5.74) is 0.975. The number of aromatic nitrogens is 1. The molecule has 1 aromatic rings. The van der Waals surface area contributed by atoms with Gasteiger partial charge in [-0.2, -0.15) is 0 Å². The zero-order valence-electron chi connectivity index (χ0n) is 13.1. The van der Waals surface area contributed by atoms with Gasteiger partial charge in [0.2, 0.25) is 0 Å². The van der Waals surface area contributed by atoms with Gasteiger partial charge in [-0.1, -0.05) is 20.8 Å². The Kier molecular flexibility index (Phi) is 6.29. The van der Waals surface area contributed by atoms with Gasteiger partial charge in [-0.25, -0.2) is 4.98 Å². The second-order valence-corrected chi connectivity index (χ2v) is 6.62. The second kappa shape index (κ2) is 7.51. The summed E-state index contributed by atoms with van der Waals surface area (Å²) < 4.78 is 9.29. The SMILES string of the molecule is COC(=O)CN(CC(=O)OC)Cc1nc(C(C)(C)C)cs1. The van der Waals surface area contributed by atoms with Crippen LogP contribution in [0.5, 0.6) is 0 Å². The molecular weight excluding hydrogens is 292 g/mol. The Morgan fingerprint density at radius 1 is 1.19 bits per heavy atom. The highest BCUT2D eigenvalue weighted by Gasteiger charge is 2.20. The number of carbonyl (C=O) groups excluding carboxylic acids is 2. The van der Waals surface area contributed by atoms with Crippen molar-refractivity contribution in [3.8, 4) is 0 Å². The molecule has 0 aromatic carbocycles. The quantitative estimate of drug-likeness (QED) is 0.743. The van der Waals surface area contributed by atoms with Crippen LogP contribution in [0.4, 0.5) is 0 Å². The van der Waals surface area contributed by atoms with Gasteiger partial charge in [-0.3, -0.25) is 14.5 Å². The van der Waals surface area contributed by atoms with Crippen LogP contribution in [-0.2, 0) is 31.0 Å². The van der Waals surface area contributed by atoms with Gasteiger partial charge in [-0.15, -0.1) is 11.3 Å². The lowest BCUT2D eigenvalue weighted by molar-refractivity contribution is -0.145. The van der Waals surface area contributed by atoms with Crippen LogP contribution < -0.4 is 0 Å². The van der Waals surface area contributed by atoms with E-state index in [1.165, 1.54) is 25.6 Å². The number of ether oxygens (including phenoxy) is 2. The molecule has 0 spiro atoms. The summed E-state index contributed by atoms with van der Waals surface area (Å²) in [6.45, 7) is 6.72. The van der Waals surface area contributed by atoms with E-state index in [2.05, 4.69) is 35.2 Å². The summed E-state index contributed by atoms with van der Waals surface area (Å²) in [6.07, 6.45) is 0. The van der Waals surface area contributed by atoms with E-state index < -0.39 is 11.9 Å². The van der Waals surface area contributed by atoms with E-state index in [0.29, 0.717) is 6.54 Å². The van der Waals surface area contributed by atoms with Crippen molar-refractivity contribution >= 4 is 23.3 Å². The molecule has 1 rings (SSSR count). The molecule has 0 saturated carbocycles. The van der Waals surface area contributed by atoms with E-state index in [-0.39, 0.29) is 18.5 Å². The summed E-state index contributed by atoms with van der Waals surface area (Å²) >= 11 is 1.52. The van der Waals surface area contributed by atoms with Crippen LogP contribution in [0.15, 0.2) is 5.38 Å². The smallest absolute Gasteiger partial charge is 0.319 e. The average Bonchev–Trinajstić information content (AvgIpc) is 2.86. The molecule has 0 amide bonds. The molecule has 0 unspecified atom stereocenters. The monoisotopic (exact) mass is 314 g/mol. The Balaban J connectivity index is 2.77. The first-order chi connectivity index (χ1) is 9.76. The van der Waals surface area contributed by atoms with E-state index in [9.17, 15) is 9.59 Å². The normalized spacial score (nSPS) is 11.5. The number of rotatable bonds is 6. The fourth-order valence-electron chi connectivity index (χ4n) is 1.58. The third-order valence-corrected chi connectivity index (χ3v) is 3.67. The first kappa shape index (κ1) is 17.6. The number of methoxy groups -OCH3 is 2. The maximum Gasteiger partial charge on any atom is 0.319 e. The molecule has 0 aliphatic rings. The highest BCUT2D eigenvalue weighted by molar-refractivity contribution is 7.09. The fraction of sp³-hybridized carbons (Fsp3) is 0.643. The lowest BCUT2D eigenvalue weighted by Crippen LogP contribution is -2.35. The second-order valence-electron chi connectivity index (χ2n) is 5.67. The third kappa shape index (κ3) is 5.81. The Bertz CT molecular complexity index is 475. The minimum absolute atomic E-state index is 0.0235. The molecule has 0 bridgehead atoms. The summed E-state index contributed by atoms with van der Waals surface area (Å²) in [4.78, 5) is 29.0. The van der Waals surface area contributed by atoms with Crippen molar-refractivity contribution in [1.82, 2.24) is 9.88 Å². The number of thiazole rings is 1. The van der Waals surface area contributed by atoms with Crippen LogP contribution in [-0.4, -0.2) is 49.1 Å². The van der Waals surface area contributed by atoms with Gasteiger partial charge < -0.3 is 9.47 Å². The molecule has 21 heavy (non-hydrogen) atoms. The predicted molar refractivity (Wildman–Crippen MR) is 80.1 cm³/mol. The molecule has 6 nitrogen and oxygen atoms in total. The van der Waals surface area contributed by atoms with Crippen LogP contribution in [0, 0.1) is 0 Å². The molecule has 118 valence electrons. The molecule has 1 heterocycles. The topological polar surface area (TPSA) is 68.7 Å². The van der Waals surface area contributed by atoms with Gasteiger partial charge in [0.05, 0.1) is 39.5 Å². The first-order valence-electron chi connectivity index (χ1n) is 6.57. The molecule has 0 aliphatic carbocycles. The Morgan fingerprint density at radius 2 is 1.71 bits per heavy atom. The highest BCUT2D eigenvalue weighted by Crippen LogP contribution is 2.24. The van der Waals surface area contributed by atoms with Crippen molar-refractivity contribution in [2.75, 3.05) is 27.3 Å². The fourth-order valence-corrected chi connectivity index (χ4v) is 2.64. The maximum absolute atomic E-state index is 11.4. The van der Waals surface area contributed by atoms with Gasteiger partial charge in [0.15, 0.2) is 0 Å². The molecule has 0 atom stereocenters. The summed E-state index contributed by atoms with van der Waals surface area (Å²) in [5.74, 6) is -0.794.